The van der Waals surface area contributed by atoms with E-state index in [9.17, 15) is 18.0 Å². The number of hydrogen-bond acceptors (Lipinski definition) is 10. The van der Waals surface area contributed by atoms with Gasteiger partial charge in [-0.25, -0.2) is 13.2 Å². The van der Waals surface area contributed by atoms with Gasteiger partial charge < -0.3 is 28.8 Å². The van der Waals surface area contributed by atoms with Crippen LogP contribution in [-0.2, 0) is 19.6 Å². The zero-order valence-electron chi connectivity index (χ0n) is 19.6. The minimum Gasteiger partial charge on any atom is -0.495 e. The van der Waals surface area contributed by atoms with E-state index in [1.54, 1.807) is 6.92 Å². The molecule has 0 saturated carbocycles. The van der Waals surface area contributed by atoms with Crippen molar-refractivity contribution >= 4 is 45.0 Å². The number of esters is 1. The van der Waals surface area contributed by atoms with Crippen molar-refractivity contribution in [1.82, 2.24) is 5.16 Å². The number of anilines is 2. The van der Waals surface area contributed by atoms with E-state index in [0.717, 1.165) is 6.07 Å². The molecule has 0 spiro atoms. The van der Waals surface area contributed by atoms with E-state index in [1.165, 1.54) is 51.7 Å². The molecule has 1 amide bonds. The van der Waals surface area contributed by atoms with Crippen LogP contribution in [0.4, 0.5) is 11.5 Å². The van der Waals surface area contributed by atoms with Gasteiger partial charge in [-0.1, -0.05) is 16.8 Å². The highest BCUT2D eigenvalue weighted by Gasteiger charge is 2.25. The maximum absolute atomic E-state index is 13.2. The maximum Gasteiger partial charge on any atom is 0.338 e. The molecular weight excluding hydrogens is 518 g/mol. The van der Waals surface area contributed by atoms with E-state index >= 15 is 0 Å². The van der Waals surface area contributed by atoms with E-state index < -0.39 is 28.5 Å². The van der Waals surface area contributed by atoms with Gasteiger partial charge in [-0.15, -0.1) is 0 Å². The minimum atomic E-state index is -4.31. The highest BCUT2D eigenvalue weighted by Crippen LogP contribution is 2.37. The molecule has 0 bridgehead atoms. The first kappa shape index (κ1) is 26.6. The van der Waals surface area contributed by atoms with Crippen LogP contribution in [0.15, 0.2) is 45.8 Å². The Kier molecular flexibility index (Phi) is 8.27. The maximum atomic E-state index is 13.2. The van der Waals surface area contributed by atoms with Crippen LogP contribution in [-0.4, -0.2) is 53.4 Å². The normalized spacial score (nSPS) is 10.9. The molecule has 0 radical (unpaired) electrons. The lowest BCUT2D eigenvalue weighted by Gasteiger charge is -2.16. The van der Waals surface area contributed by atoms with E-state index in [-0.39, 0.29) is 44.2 Å². The number of methoxy groups -OCH3 is 3. The highest BCUT2D eigenvalue weighted by molar-refractivity contribution is 7.92. The Morgan fingerprint density at radius 1 is 1.00 bits per heavy atom. The standard InChI is InChI=1S/C22H22ClN3O9S/c1-12-7-20(25-35-12)24-21(27)11-34-22(28)13-5-6-16(31-2)19(8-13)36(29,30)26-15-9-14(23)17(32-3)10-18(15)33-4/h5-10,26H,11H2,1-4H3,(H,24,25,27). The topological polar surface area (TPSA) is 155 Å². The van der Waals surface area contributed by atoms with Crippen LogP contribution in [0.5, 0.6) is 17.2 Å². The van der Waals surface area contributed by atoms with E-state index in [2.05, 4.69) is 15.2 Å². The second-order valence-electron chi connectivity index (χ2n) is 7.11. The summed E-state index contributed by atoms with van der Waals surface area (Å²) in [4.78, 5) is 24.1. The van der Waals surface area contributed by atoms with E-state index in [4.69, 9.17) is 35.1 Å². The fraction of sp³-hybridized carbons (Fsp3) is 0.227. The number of ether oxygens (including phenoxy) is 4. The molecule has 0 fully saturated rings. The van der Waals surface area contributed by atoms with Crippen molar-refractivity contribution < 1.29 is 41.5 Å². The van der Waals surface area contributed by atoms with Crippen molar-refractivity contribution in [1.29, 1.82) is 0 Å². The molecule has 12 nitrogen and oxygen atoms in total. The summed E-state index contributed by atoms with van der Waals surface area (Å²) in [7, 11) is -0.293. The fourth-order valence-electron chi connectivity index (χ4n) is 2.97. The first-order valence-electron chi connectivity index (χ1n) is 10.1. The first-order valence-corrected chi connectivity index (χ1v) is 12.0. The molecule has 0 aliphatic carbocycles. The molecule has 0 saturated heterocycles. The molecular formula is C22H22ClN3O9S. The number of aryl methyl sites for hydroxylation is 1. The van der Waals surface area contributed by atoms with Gasteiger partial charge in [0.25, 0.3) is 15.9 Å². The number of halogens is 1. The minimum absolute atomic E-state index is 0.0260. The average Bonchev–Trinajstić information content (AvgIpc) is 3.26. The molecule has 14 heteroatoms. The molecule has 3 rings (SSSR count). The number of nitrogens with zero attached hydrogens (tertiary/aromatic N) is 1. The second kappa shape index (κ2) is 11.2. The Balaban J connectivity index is 1.81. The largest absolute Gasteiger partial charge is 0.495 e. The average molecular weight is 540 g/mol. The summed E-state index contributed by atoms with van der Waals surface area (Å²) in [5, 5.41) is 6.14. The van der Waals surface area contributed by atoms with Crippen molar-refractivity contribution in [2.45, 2.75) is 11.8 Å². The van der Waals surface area contributed by atoms with Crippen molar-refractivity contribution in [2.24, 2.45) is 0 Å². The molecule has 2 N–H and O–H groups in total. The third kappa shape index (κ3) is 6.17. The van der Waals surface area contributed by atoms with Gasteiger partial charge in [0.1, 0.15) is 27.9 Å². The van der Waals surface area contributed by atoms with Crippen molar-refractivity contribution in [3.8, 4) is 17.2 Å². The van der Waals surface area contributed by atoms with Gasteiger partial charge >= 0.3 is 5.97 Å². The lowest BCUT2D eigenvalue weighted by molar-refractivity contribution is -0.119. The number of amides is 1. The zero-order valence-corrected chi connectivity index (χ0v) is 21.2. The molecule has 2 aromatic carbocycles. The summed E-state index contributed by atoms with van der Waals surface area (Å²) in [5.41, 5.74) is -0.112. The van der Waals surface area contributed by atoms with Crippen molar-refractivity contribution in [2.75, 3.05) is 38.0 Å². The van der Waals surface area contributed by atoms with Gasteiger partial charge in [-0.2, -0.15) is 0 Å². The predicted octanol–water partition coefficient (Wildman–Crippen LogP) is 3.26. The Hall–Kier alpha value is -3.97. The summed E-state index contributed by atoms with van der Waals surface area (Å²) in [5.74, 6) is -0.585. The van der Waals surface area contributed by atoms with Crippen LogP contribution in [0.3, 0.4) is 0 Å². The van der Waals surface area contributed by atoms with Crippen molar-refractivity contribution in [3.05, 3.63) is 52.7 Å². The Bertz CT molecular complexity index is 1390. The van der Waals surface area contributed by atoms with Gasteiger partial charge in [0, 0.05) is 12.1 Å². The third-order valence-electron chi connectivity index (χ3n) is 4.64. The van der Waals surface area contributed by atoms with Crippen LogP contribution in [0, 0.1) is 6.92 Å². The quantitative estimate of drug-likeness (QED) is 0.366. The van der Waals surface area contributed by atoms with Crippen LogP contribution in [0.25, 0.3) is 0 Å². The molecule has 0 aliphatic rings. The van der Waals surface area contributed by atoms with Gasteiger partial charge in [0.2, 0.25) is 0 Å². The molecule has 1 heterocycles. The highest BCUT2D eigenvalue weighted by atomic mass is 35.5. The molecule has 3 aromatic rings. The van der Waals surface area contributed by atoms with Crippen molar-refractivity contribution in [3.63, 3.8) is 0 Å². The Morgan fingerprint density at radius 2 is 1.69 bits per heavy atom. The smallest absolute Gasteiger partial charge is 0.338 e. The monoisotopic (exact) mass is 539 g/mol. The molecule has 0 atom stereocenters. The first-order chi connectivity index (χ1) is 17.1. The van der Waals surface area contributed by atoms with Gasteiger partial charge in [-0.05, 0) is 31.2 Å². The van der Waals surface area contributed by atoms with Crippen LogP contribution in [0.1, 0.15) is 16.1 Å². The number of aromatic nitrogens is 1. The van der Waals surface area contributed by atoms with Crippen LogP contribution in [0.2, 0.25) is 5.02 Å². The molecule has 36 heavy (non-hydrogen) atoms. The third-order valence-corrected chi connectivity index (χ3v) is 6.32. The number of benzene rings is 2. The summed E-state index contributed by atoms with van der Waals surface area (Å²) in [6, 6.07) is 7.84. The fourth-order valence-corrected chi connectivity index (χ4v) is 4.47. The number of carbonyl (C=O) groups is 2. The molecule has 0 aliphatic heterocycles. The van der Waals surface area contributed by atoms with Crippen LogP contribution >= 0.6 is 11.6 Å². The lowest BCUT2D eigenvalue weighted by atomic mass is 10.2. The zero-order chi connectivity index (χ0) is 26.5. The summed E-state index contributed by atoms with van der Waals surface area (Å²) >= 11 is 6.13. The molecule has 1 aromatic heterocycles. The lowest BCUT2D eigenvalue weighted by Crippen LogP contribution is -2.21. The molecule has 0 unspecified atom stereocenters. The second-order valence-corrected chi connectivity index (χ2v) is 9.16. The summed E-state index contributed by atoms with van der Waals surface area (Å²) < 4.78 is 54.1. The number of rotatable bonds is 10. The number of carbonyl (C=O) groups excluding carboxylic acids is 2. The number of sulfonamides is 1. The number of nitrogens with one attached hydrogen (secondary N) is 2. The van der Waals surface area contributed by atoms with Gasteiger partial charge in [-0.3, -0.25) is 9.52 Å². The Morgan fingerprint density at radius 3 is 2.31 bits per heavy atom. The van der Waals surface area contributed by atoms with Gasteiger partial charge in [0.05, 0.1) is 37.6 Å². The van der Waals surface area contributed by atoms with Gasteiger partial charge in [0.15, 0.2) is 12.4 Å². The Labute approximate surface area is 211 Å². The number of hydrogen-bond donors (Lipinski definition) is 2. The molecule has 192 valence electrons. The summed E-state index contributed by atoms with van der Waals surface area (Å²) in [6.07, 6.45) is 0. The predicted molar refractivity (Wildman–Crippen MR) is 129 cm³/mol. The van der Waals surface area contributed by atoms with E-state index in [0.29, 0.717) is 5.76 Å². The SMILES string of the molecule is COc1cc(OC)c(NS(=O)(=O)c2cc(C(=O)OCC(=O)Nc3cc(C)on3)ccc2OC)cc1Cl. The summed E-state index contributed by atoms with van der Waals surface area (Å²) in [6.45, 7) is 1.00. The van der Waals surface area contributed by atoms with Crippen LogP contribution < -0.4 is 24.2 Å². The van der Waals surface area contributed by atoms with E-state index in [1.807, 2.05) is 0 Å².